The molecule has 0 spiro atoms. The maximum atomic E-state index is 13.2. The summed E-state index contributed by atoms with van der Waals surface area (Å²) in [5.41, 5.74) is 3.85. The molecule has 6 heteroatoms. The van der Waals surface area contributed by atoms with Crippen LogP contribution < -0.4 is 10.9 Å². The van der Waals surface area contributed by atoms with Gasteiger partial charge in [-0.1, -0.05) is 98.3 Å². The number of rotatable bonds is 6. The van der Waals surface area contributed by atoms with E-state index in [1.165, 1.54) is 11.3 Å². The lowest BCUT2D eigenvalue weighted by Gasteiger charge is -2.05. The number of thiazole rings is 1. The molecule has 5 nitrogen and oxygen atoms in total. The van der Waals surface area contributed by atoms with Crippen LogP contribution in [0.25, 0.3) is 44.1 Å². The molecular formula is C32H24N2O3S. The molecule has 1 amide bonds. The molecule has 0 aliphatic carbocycles. The largest absolute Gasteiger partial charge is 0.422 e. The summed E-state index contributed by atoms with van der Waals surface area (Å²) >= 11 is 1.44. The average molecular weight is 517 g/mol. The fourth-order valence-electron chi connectivity index (χ4n) is 4.67. The number of nitrogens with one attached hydrogen (secondary N) is 1. The van der Waals surface area contributed by atoms with Crippen molar-refractivity contribution in [1.82, 2.24) is 4.98 Å². The van der Waals surface area contributed by atoms with Crippen molar-refractivity contribution >= 4 is 44.1 Å². The van der Waals surface area contributed by atoms with Crippen LogP contribution >= 0.6 is 11.3 Å². The van der Waals surface area contributed by atoms with Crippen LogP contribution in [-0.4, -0.2) is 10.9 Å². The minimum Gasteiger partial charge on any atom is -0.422 e. The summed E-state index contributed by atoms with van der Waals surface area (Å²) in [6.07, 6.45) is 1.79. The molecule has 0 atom stereocenters. The molecule has 1 N–H and O–H groups in total. The molecular weight excluding hydrogens is 492 g/mol. The number of benzene rings is 4. The minimum absolute atomic E-state index is 0.0464. The molecule has 38 heavy (non-hydrogen) atoms. The molecule has 6 aromatic rings. The Balaban J connectivity index is 1.32. The van der Waals surface area contributed by atoms with Gasteiger partial charge in [-0.25, -0.2) is 9.78 Å². The van der Waals surface area contributed by atoms with E-state index in [4.69, 9.17) is 9.40 Å². The number of fused-ring (bicyclic) bond motifs is 3. The van der Waals surface area contributed by atoms with Crippen LogP contribution in [0.2, 0.25) is 0 Å². The lowest BCUT2D eigenvalue weighted by molar-refractivity contribution is 0.102. The summed E-state index contributed by atoms with van der Waals surface area (Å²) < 4.78 is 5.51. The highest BCUT2D eigenvalue weighted by Gasteiger charge is 2.19. The van der Waals surface area contributed by atoms with E-state index in [0.717, 1.165) is 56.3 Å². The first-order chi connectivity index (χ1) is 18.6. The van der Waals surface area contributed by atoms with Crippen molar-refractivity contribution in [3.05, 3.63) is 118 Å². The van der Waals surface area contributed by atoms with Gasteiger partial charge in [-0.05, 0) is 40.5 Å². The maximum absolute atomic E-state index is 13.2. The monoisotopic (exact) mass is 516 g/mol. The molecule has 0 bridgehead atoms. The Morgan fingerprint density at radius 2 is 1.55 bits per heavy atom. The van der Waals surface area contributed by atoms with Gasteiger partial charge >= 0.3 is 5.63 Å². The third-order valence-corrected chi connectivity index (χ3v) is 7.58. The lowest BCUT2D eigenvalue weighted by atomic mass is 10.0. The maximum Gasteiger partial charge on any atom is 0.349 e. The number of carbonyl (C=O) groups is 1. The van der Waals surface area contributed by atoms with Gasteiger partial charge in [-0.3, -0.25) is 10.1 Å². The zero-order valence-corrected chi connectivity index (χ0v) is 21.5. The predicted octanol–water partition coefficient (Wildman–Crippen LogP) is 7.94. The van der Waals surface area contributed by atoms with Crippen molar-refractivity contribution in [2.24, 2.45) is 0 Å². The number of hydrogen-bond donors (Lipinski definition) is 1. The molecule has 6 rings (SSSR count). The third-order valence-electron chi connectivity index (χ3n) is 6.55. The van der Waals surface area contributed by atoms with Gasteiger partial charge < -0.3 is 4.42 Å². The Morgan fingerprint density at radius 3 is 2.34 bits per heavy atom. The summed E-state index contributed by atoms with van der Waals surface area (Å²) in [4.78, 5) is 31.8. The Hall–Kier alpha value is -4.55. The van der Waals surface area contributed by atoms with Gasteiger partial charge in [0.15, 0.2) is 5.13 Å². The van der Waals surface area contributed by atoms with E-state index in [0.29, 0.717) is 10.7 Å². The predicted molar refractivity (Wildman–Crippen MR) is 155 cm³/mol. The molecule has 0 saturated heterocycles. The van der Waals surface area contributed by atoms with Crippen molar-refractivity contribution < 1.29 is 9.21 Å². The van der Waals surface area contributed by atoms with Crippen LogP contribution in [0.1, 0.15) is 28.6 Å². The van der Waals surface area contributed by atoms with E-state index in [-0.39, 0.29) is 5.56 Å². The van der Waals surface area contributed by atoms with Crippen LogP contribution in [0.15, 0.2) is 106 Å². The molecule has 0 aliphatic heterocycles. The minimum atomic E-state index is -0.674. The second-order valence-corrected chi connectivity index (χ2v) is 10.2. The van der Waals surface area contributed by atoms with Gasteiger partial charge in [0, 0.05) is 15.8 Å². The van der Waals surface area contributed by atoms with Crippen molar-refractivity contribution in [1.29, 1.82) is 0 Å². The van der Waals surface area contributed by atoms with Gasteiger partial charge in [-0.15, -0.1) is 11.3 Å². The standard InChI is InChI=1S/C32H24N2O3S/c1-2-8-28-29(23-15-13-21(14-16-23)20-9-4-3-5-10-20)33-32(38-28)34-30(35)26-19-25-24-12-7-6-11-22(24)17-18-27(25)37-31(26)36/h3-7,9-19H,2,8H2,1H3,(H,33,34,35). The van der Waals surface area contributed by atoms with Crippen LogP contribution in [0, 0.1) is 0 Å². The first-order valence-corrected chi connectivity index (χ1v) is 13.3. The number of aryl methyl sites for hydroxylation is 1. The fourth-order valence-corrected chi connectivity index (χ4v) is 5.75. The SMILES string of the molecule is CCCc1sc(NC(=O)c2cc3c(ccc4ccccc43)oc2=O)nc1-c1ccc(-c2ccccc2)cc1. The lowest BCUT2D eigenvalue weighted by Crippen LogP contribution is -2.20. The summed E-state index contributed by atoms with van der Waals surface area (Å²) in [5.74, 6) is -0.531. The second-order valence-electron chi connectivity index (χ2n) is 9.08. The van der Waals surface area contributed by atoms with Crippen molar-refractivity contribution in [2.45, 2.75) is 19.8 Å². The summed E-state index contributed by atoms with van der Waals surface area (Å²) in [5, 5.41) is 5.95. The number of nitrogens with zero attached hydrogens (tertiary/aromatic N) is 1. The van der Waals surface area contributed by atoms with Gasteiger partial charge in [0.1, 0.15) is 11.1 Å². The van der Waals surface area contributed by atoms with Crippen molar-refractivity contribution in [2.75, 3.05) is 5.32 Å². The average Bonchev–Trinajstić information content (AvgIpc) is 3.35. The fraction of sp³-hybridized carbons (Fsp3) is 0.0938. The Labute approximate surface area is 223 Å². The van der Waals surface area contributed by atoms with Gasteiger partial charge in [0.2, 0.25) is 0 Å². The normalized spacial score (nSPS) is 11.2. The quantitative estimate of drug-likeness (QED) is 0.180. The number of aromatic nitrogens is 1. The number of carbonyl (C=O) groups excluding carboxylic acids is 1. The van der Waals surface area contributed by atoms with Crippen LogP contribution in [-0.2, 0) is 6.42 Å². The first kappa shape index (κ1) is 23.8. The zero-order valence-electron chi connectivity index (χ0n) is 20.7. The topological polar surface area (TPSA) is 72.2 Å². The Morgan fingerprint density at radius 1 is 0.842 bits per heavy atom. The van der Waals surface area contributed by atoms with Gasteiger partial charge in [0.05, 0.1) is 5.69 Å². The third kappa shape index (κ3) is 4.51. The van der Waals surface area contributed by atoms with Gasteiger partial charge in [-0.2, -0.15) is 0 Å². The highest BCUT2D eigenvalue weighted by atomic mass is 32.1. The first-order valence-electron chi connectivity index (χ1n) is 12.5. The van der Waals surface area contributed by atoms with E-state index < -0.39 is 11.5 Å². The molecule has 186 valence electrons. The van der Waals surface area contributed by atoms with E-state index in [1.54, 1.807) is 12.1 Å². The summed E-state index contributed by atoms with van der Waals surface area (Å²) in [6.45, 7) is 2.12. The zero-order chi connectivity index (χ0) is 26.1. The number of anilines is 1. The molecule has 0 unspecified atom stereocenters. The number of hydrogen-bond acceptors (Lipinski definition) is 5. The Bertz CT molecular complexity index is 1840. The van der Waals surface area contributed by atoms with Crippen LogP contribution in [0.4, 0.5) is 5.13 Å². The molecule has 0 aliphatic rings. The van der Waals surface area contributed by atoms with Gasteiger partial charge in [0.25, 0.3) is 5.91 Å². The van der Waals surface area contributed by atoms with Crippen LogP contribution in [0.5, 0.6) is 0 Å². The van der Waals surface area contributed by atoms with E-state index in [2.05, 4.69) is 48.6 Å². The highest BCUT2D eigenvalue weighted by Crippen LogP contribution is 2.34. The summed E-state index contributed by atoms with van der Waals surface area (Å²) in [7, 11) is 0. The van der Waals surface area contributed by atoms with Crippen molar-refractivity contribution in [3.63, 3.8) is 0 Å². The molecule has 2 aromatic heterocycles. The number of amides is 1. The summed E-state index contributed by atoms with van der Waals surface area (Å²) in [6, 6.07) is 31.6. The molecule has 4 aromatic carbocycles. The molecule has 0 radical (unpaired) electrons. The van der Waals surface area contributed by atoms with Crippen LogP contribution in [0.3, 0.4) is 0 Å². The second kappa shape index (κ2) is 10.1. The smallest absolute Gasteiger partial charge is 0.349 e. The van der Waals surface area contributed by atoms with E-state index in [9.17, 15) is 9.59 Å². The Kier molecular flexibility index (Phi) is 6.32. The molecule has 2 heterocycles. The van der Waals surface area contributed by atoms with Crippen molar-refractivity contribution in [3.8, 4) is 22.4 Å². The molecule has 0 saturated carbocycles. The van der Waals surface area contributed by atoms with E-state index >= 15 is 0 Å². The van der Waals surface area contributed by atoms with E-state index in [1.807, 2.05) is 48.5 Å². The highest BCUT2D eigenvalue weighted by molar-refractivity contribution is 7.16. The molecule has 0 fully saturated rings.